The molecule has 0 unspecified atom stereocenters. The van der Waals surface area contributed by atoms with E-state index in [1.807, 2.05) is 0 Å². The second-order valence-electron chi connectivity index (χ2n) is 4.83. The molecule has 0 aromatic heterocycles. The van der Waals surface area contributed by atoms with Crippen molar-refractivity contribution in [1.29, 1.82) is 0 Å². The molecule has 0 aromatic carbocycles. The highest BCUT2D eigenvalue weighted by Crippen LogP contribution is 2.24. The van der Waals surface area contributed by atoms with Gasteiger partial charge in [0.05, 0.1) is 5.25 Å². The Bertz CT molecular complexity index is 360. The number of carbonyl (C=O) groups excluding carboxylic acids is 1. The van der Waals surface area contributed by atoms with Gasteiger partial charge in [-0.05, 0) is 12.8 Å². The van der Waals surface area contributed by atoms with E-state index in [0.29, 0.717) is 18.6 Å². The van der Waals surface area contributed by atoms with Gasteiger partial charge in [0, 0.05) is 19.2 Å². The summed E-state index contributed by atoms with van der Waals surface area (Å²) in [4.78, 5) is 11.5. The van der Waals surface area contributed by atoms with Crippen molar-refractivity contribution in [2.45, 2.75) is 57.1 Å². The summed E-state index contributed by atoms with van der Waals surface area (Å²) < 4.78 is 25.9. The minimum atomic E-state index is -3.49. The molecule has 6 heteroatoms. The van der Waals surface area contributed by atoms with E-state index in [0.717, 1.165) is 30.0 Å². The molecule has 0 atom stereocenters. The molecular weight excluding hydrogens is 270 g/mol. The molecule has 1 aliphatic rings. The molecule has 18 heavy (non-hydrogen) atoms. The van der Waals surface area contributed by atoms with Gasteiger partial charge >= 0.3 is 0 Å². The van der Waals surface area contributed by atoms with Crippen molar-refractivity contribution in [3.63, 3.8) is 0 Å². The number of amides is 1. The van der Waals surface area contributed by atoms with Crippen LogP contribution in [0.3, 0.4) is 0 Å². The Morgan fingerprint density at radius 3 is 2.11 bits per heavy atom. The molecule has 4 nitrogen and oxygen atoms in total. The Hall–Kier alpha value is -0.230. The van der Waals surface area contributed by atoms with E-state index in [9.17, 15) is 13.2 Å². The van der Waals surface area contributed by atoms with Gasteiger partial charge < -0.3 is 0 Å². The van der Waals surface area contributed by atoms with Crippen LogP contribution >= 0.6 is 12.6 Å². The van der Waals surface area contributed by atoms with Crippen molar-refractivity contribution in [2.24, 2.45) is 0 Å². The van der Waals surface area contributed by atoms with Gasteiger partial charge in [0.15, 0.2) is 0 Å². The molecule has 0 spiro atoms. The number of rotatable bonds is 4. The second kappa shape index (κ2) is 7.38. The van der Waals surface area contributed by atoms with E-state index in [1.165, 1.54) is 13.3 Å². The summed E-state index contributed by atoms with van der Waals surface area (Å²) in [5, 5.41) is -0.387. The third-order valence-electron chi connectivity index (χ3n) is 3.43. The van der Waals surface area contributed by atoms with Crippen LogP contribution in [0.5, 0.6) is 0 Å². The third kappa shape index (κ3) is 4.16. The number of thiol groups is 1. The summed E-state index contributed by atoms with van der Waals surface area (Å²) in [6, 6.07) is 0. The van der Waals surface area contributed by atoms with Crippen LogP contribution in [0.25, 0.3) is 0 Å². The molecule has 0 aliphatic heterocycles. The SMILES string of the molecule is CC(=O)N(CCS)S(=O)(=O)C1CCCCCCC1. The fourth-order valence-electron chi connectivity index (χ4n) is 2.45. The monoisotopic (exact) mass is 293 g/mol. The van der Waals surface area contributed by atoms with Crippen LogP contribution in [0.2, 0.25) is 0 Å². The Morgan fingerprint density at radius 2 is 1.67 bits per heavy atom. The molecule has 1 saturated carbocycles. The summed E-state index contributed by atoms with van der Waals surface area (Å²) in [6.07, 6.45) is 6.63. The van der Waals surface area contributed by atoms with Crippen LogP contribution in [-0.2, 0) is 14.8 Å². The molecule has 1 amide bonds. The summed E-state index contributed by atoms with van der Waals surface area (Å²) in [6.45, 7) is 1.49. The summed E-state index contributed by atoms with van der Waals surface area (Å²) in [5.41, 5.74) is 0. The molecule has 1 fully saturated rings. The smallest absolute Gasteiger partial charge is 0.240 e. The van der Waals surface area contributed by atoms with Crippen molar-refractivity contribution in [3.8, 4) is 0 Å². The number of nitrogens with zero attached hydrogens (tertiary/aromatic N) is 1. The normalized spacial score (nSPS) is 19.0. The van der Waals surface area contributed by atoms with Gasteiger partial charge in [-0.15, -0.1) is 0 Å². The van der Waals surface area contributed by atoms with Gasteiger partial charge in [0.25, 0.3) is 0 Å². The van der Waals surface area contributed by atoms with Crippen molar-refractivity contribution in [2.75, 3.05) is 12.3 Å². The van der Waals surface area contributed by atoms with Crippen LogP contribution in [0, 0.1) is 0 Å². The Morgan fingerprint density at radius 1 is 1.17 bits per heavy atom. The molecule has 0 N–H and O–H groups in total. The van der Waals surface area contributed by atoms with E-state index in [1.54, 1.807) is 0 Å². The molecular formula is C12H23NO3S2. The summed E-state index contributed by atoms with van der Waals surface area (Å²) in [5.74, 6) is -0.0305. The fraction of sp³-hybridized carbons (Fsp3) is 0.917. The molecule has 106 valence electrons. The maximum absolute atomic E-state index is 12.5. The zero-order valence-electron chi connectivity index (χ0n) is 11.0. The number of sulfonamides is 1. The number of hydrogen-bond acceptors (Lipinski definition) is 4. The lowest BCUT2D eigenvalue weighted by Gasteiger charge is -2.27. The van der Waals surface area contributed by atoms with Crippen molar-refractivity contribution >= 4 is 28.6 Å². The number of hydrogen-bond donors (Lipinski definition) is 1. The summed E-state index contributed by atoms with van der Waals surface area (Å²) >= 11 is 4.03. The van der Waals surface area contributed by atoms with Gasteiger partial charge in [-0.25, -0.2) is 12.7 Å². The van der Waals surface area contributed by atoms with Crippen LogP contribution in [-0.4, -0.2) is 36.2 Å². The quantitative estimate of drug-likeness (QED) is 0.809. The zero-order chi connectivity index (χ0) is 13.6. The lowest BCUT2D eigenvalue weighted by Crippen LogP contribution is -2.43. The van der Waals surface area contributed by atoms with E-state index in [-0.39, 0.29) is 11.8 Å². The second-order valence-corrected chi connectivity index (χ2v) is 7.41. The number of carbonyl (C=O) groups is 1. The Kier molecular flexibility index (Phi) is 6.49. The Labute approximate surface area is 116 Å². The molecule has 0 aromatic rings. The van der Waals surface area contributed by atoms with Gasteiger partial charge in [0.2, 0.25) is 15.9 Å². The highest BCUT2D eigenvalue weighted by molar-refractivity contribution is 7.90. The maximum Gasteiger partial charge on any atom is 0.240 e. The van der Waals surface area contributed by atoms with Gasteiger partial charge in [-0.1, -0.05) is 32.1 Å². The molecule has 0 heterocycles. The average Bonchev–Trinajstić information content (AvgIpc) is 2.23. The lowest BCUT2D eigenvalue weighted by atomic mass is 10.0. The van der Waals surface area contributed by atoms with Crippen molar-refractivity contribution < 1.29 is 13.2 Å². The Balaban J connectivity index is 2.83. The third-order valence-corrected chi connectivity index (χ3v) is 6.00. The van der Waals surface area contributed by atoms with E-state index in [2.05, 4.69) is 12.6 Å². The first-order valence-corrected chi connectivity index (χ1v) is 8.76. The standard InChI is InChI=1S/C12H23NO3S2/c1-11(14)13(9-10-17)18(15,16)12-7-5-3-2-4-6-8-12/h12,17H,2-10H2,1H3. The first kappa shape index (κ1) is 15.8. The minimum absolute atomic E-state index is 0.178. The van der Waals surface area contributed by atoms with Crippen LogP contribution in [0.4, 0.5) is 0 Å². The fourth-order valence-corrected chi connectivity index (χ4v) is 4.78. The summed E-state index contributed by atoms with van der Waals surface area (Å²) in [7, 11) is -3.49. The topological polar surface area (TPSA) is 54.5 Å². The predicted octanol–water partition coefficient (Wildman–Crippen LogP) is 2.21. The lowest BCUT2D eigenvalue weighted by molar-refractivity contribution is -0.124. The van der Waals surface area contributed by atoms with Gasteiger partial charge in [-0.2, -0.15) is 12.6 Å². The average molecular weight is 293 g/mol. The first-order chi connectivity index (χ1) is 8.50. The molecule has 0 bridgehead atoms. The zero-order valence-corrected chi connectivity index (χ0v) is 12.7. The van der Waals surface area contributed by atoms with E-state index >= 15 is 0 Å². The molecule has 1 aliphatic carbocycles. The largest absolute Gasteiger partial charge is 0.274 e. The van der Waals surface area contributed by atoms with Crippen LogP contribution < -0.4 is 0 Å². The predicted molar refractivity (Wildman–Crippen MR) is 76.3 cm³/mol. The van der Waals surface area contributed by atoms with Crippen LogP contribution in [0.1, 0.15) is 51.9 Å². The van der Waals surface area contributed by atoms with Crippen molar-refractivity contribution in [1.82, 2.24) is 4.31 Å². The molecule has 0 saturated heterocycles. The van der Waals surface area contributed by atoms with E-state index < -0.39 is 15.9 Å². The van der Waals surface area contributed by atoms with Gasteiger partial charge in [0.1, 0.15) is 0 Å². The van der Waals surface area contributed by atoms with Crippen LogP contribution in [0.15, 0.2) is 0 Å². The van der Waals surface area contributed by atoms with E-state index in [4.69, 9.17) is 0 Å². The highest BCUT2D eigenvalue weighted by Gasteiger charge is 2.33. The highest BCUT2D eigenvalue weighted by atomic mass is 32.2. The van der Waals surface area contributed by atoms with Crippen molar-refractivity contribution in [3.05, 3.63) is 0 Å². The minimum Gasteiger partial charge on any atom is -0.274 e. The first-order valence-electron chi connectivity index (χ1n) is 6.63. The molecule has 1 rings (SSSR count). The van der Waals surface area contributed by atoms with Gasteiger partial charge in [-0.3, -0.25) is 4.79 Å². The maximum atomic E-state index is 12.5. The molecule has 0 radical (unpaired) electrons.